The molecule has 0 spiro atoms. The first kappa shape index (κ1) is 13.3. The van der Waals surface area contributed by atoms with Crippen LogP contribution in [0.25, 0.3) is 10.9 Å². The fourth-order valence-electron chi connectivity index (χ4n) is 2.08. The van der Waals surface area contributed by atoms with E-state index in [9.17, 15) is 4.79 Å². The van der Waals surface area contributed by atoms with Crippen molar-refractivity contribution >= 4 is 22.5 Å². The van der Waals surface area contributed by atoms with Gasteiger partial charge in [0.25, 0.3) is 5.91 Å². The number of pyridine rings is 1. The first-order valence-electron chi connectivity index (χ1n) is 6.36. The van der Waals surface area contributed by atoms with Crippen LogP contribution in [0.3, 0.4) is 0 Å². The number of benzene rings is 1. The van der Waals surface area contributed by atoms with Crippen LogP contribution in [-0.4, -0.2) is 28.9 Å². The average Bonchev–Trinajstić information content (AvgIpc) is 2.47. The lowest BCUT2D eigenvalue weighted by Gasteiger charge is -2.18. The number of hydrazine groups is 1. The molecule has 2 rings (SSSR count). The molecule has 100 valence electrons. The van der Waals surface area contributed by atoms with Gasteiger partial charge in [0.15, 0.2) is 0 Å². The number of aromatic nitrogens is 1. The summed E-state index contributed by atoms with van der Waals surface area (Å²) in [6.45, 7) is 5.22. The van der Waals surface area contributed by atoms with Crippen molar-refractivity contribution in [1.29, 1.82) is 0 Å². The first-order chi connectivity index (χ1) is 9.21. The van der Waals surface area contributed by atoms with Crippen LogP contribution in [0.15, 0.2) is 30.3 Å². The van der Waals surface area contributed by atoms with Gasteiger partial charge in [-0.25, -0.2) is 4.98 Å². The van der Waals surface area contributed by atoms with E-state index in [0.717, 1.165) is 10.9 Å². The zero-order valence-corrected chi connectivity index (χ0v) is 11.2. The quantitative estimate of drug-likeness (QED) is 0.650. The highest BCUT2D eigenvalue weighted by Crippen LogP contribution is 2.22. The van der Waals surface area contributed by atoms with Gasteiger partial charge in [-0.2, -0.15) is 0 Å². The van der Waals surface area contributed by atoms with Crippen molar-refractivity contribution < 1.29 is 4.79 Å². The number of para-hydroxylation sites is 1. The third-order valence-electron chi connectivity index (χ3n) is 3.14. The number of hydrogen-bond donors (Lipinski definition) is 2. The zero-order chi connectivity index (χ0) is 13.8. The number of nitrogens with two attached hydrogens (primary N) is 1. The Morgan fingerprint density at radius 3 is 2.63 bits per heavy atom. The van der Waals surface area contributed by atoms with E-state index in [1.807, 2.05) is 38.1 Å². The van der Waals surface area contributed by atoms with Gasteiger partial charge in [0, 0.05) is 18.5 Å². The number of carbonyl (C=O) groups excluding carboxylic acids is 1. The van der Waals surface area contributed by atoms with Crippen LogP contribution in [0, 0.1) is 0 Å². The van der Waals surface area contributed by atoms with Crippen LogP contribution in [-0.2, 0) is 0 Å². The third-order valence-corrected chi connectivity index (χ3v) is 3.14. The lowest BCUT2D eigenvalue weighted by Crippen LogP contribution is -2.31. The molecule has 2 aromatic rings. The molecule has 19 heavy (non-hydrogen) atoms. The molecule has 1 heterocycles. The summed E-state index contributed by atoms with van der Waals surface area (Å²) in [7, 11) is 0. The molecule has 0 radical (unpaired) electrons. The van der Waals surface area contributed by atoms with Gasteiger partial charge in [-0.15, -0.1) is 0 Å². The van der Waals surface area contributed by atoms with Crippen LogP contribution in [0.4, 0.5) is 5.69 Å². The lowest BCUT2D eigenvalue weighted by molar-refractivity contribution is 0.0767. The summed E-state index contributed by atoms with van der Waals surface area (Å²) in [6.07, 6.45) is 0. The summed E-state index contributed by atoms with van der Waals surface area (Å²) in [6, 6.07) is 9.29. The highest BCUT2D eigenvalue weighted by molar-refractivity contribution is 5.99. The Labute approximate surface area is 112 Å². The van der Waals surface area contributed by atoms with E-state index < -0.39 is 0 Å². The van der Waals surface area contributed by atoms with Crippen molar-refractivity contribution in [3.8, 4) is 0 Å². The topological polar surface area (TPSA) is 71.2 Å². The summed E-state index contributed by atoms with van der Waals surface area (Å²) in [5.41, 5.74) is 4.51. The molecule has 1 amide bonds. The molecular weight excluding hydrogens is 240 g/mol. The molecule has 0 unspecified atom stereocenters. The van der Waals surface area contributed by atoms with E-state index in [1.165, 1.54) is 0 Å². The van der Waals surface area contributed by atoms with Gasteiger partial charge < -0.3 is 10.3 Å². The van der Waals surface area contributed by atoms with Crippen LogP contribution in [0.2, 0.25) is 0 Å². The third kappa shape index (κ3) is 2.51. The van der Waals surface area contributed by atoms with Gasteiger partial charge in [-0.3, -0.25) is 10.6 Å². The molecular formula is C14H18N4O. The normalized spacial score (nSPS) is 10.5. The minimum Gasteiger partial charge on any atom is -0.338 e. The first-order valence-corrected chi connectivity index (χ1v) is 6.36. The Morgan fingerprint density at radius 2 is 2.00 bits per heavy atom. The zero-order valence-electron chi connectivity index (χ0n) is 11.2. The largest absolute Gasteiger partial charge is 0.338 e. The molecule has 0 aliphatic carbocycles. The molecule has 0 bridgehead atoms. The molecule has 5 heteroatoms. The number of nitrogens with one attached hydrogen (secondary N) is 1. The fourth-order valence-corrected chi connectivity index (χ4v) is 2.08. The predicted molar refractivity (Wildman–Crippen MR) is 76.8 cm³/mol. The van der Waals surface area contributed by atoms with Crippen LogP contribution in [0.1, 0.15) is 24.3 Å². The Morgan fingerprint density at radius 1 is 1.32 bits per heavy atom. The van der Waals surface area contributed by atoms with Gasteiger partial charge in [-0.05, 0) is 26.0 Å². The number of nitrogens with zero attached hydrogens (tertiary/aromatic N) is 2. The highest BCUT2D eigenvalue weighted by atomic mass is 16.2. The van der Waals surface area contributed by atoms with Gasteiger partial charge in [0.05, 0.1) is 11.2 Å². The number of hydrogen-bond acceptors (Lipinski definition) is 4. The van der Waals surface area contributed by atoms with Crippen molar-refractivity contribution in [3.63, 3.8) is 0 Å². The minimum absolute atomic E-state index is 0.0766. The number of amides is 1. The lowest BCUT2D eigenvalue weighted by atomic mass is 10.1. The maximum Gasteiger partial charge on any atom is 0.272 e. The van der Waals surface area contributed by atoms with E-state index in [0.29, 0.717) is 24.5 Å². The Balaban J connectivity index is 2.53. The molecule has 0 fully saturated rings. The standard InChI is InChI=1S/C14H18N4O/c1-3-18(4-2)14(19)13-9-12(17-15)10-7-5-6-8-11(10)16-13/h5-9H,3-4,15H2,1-2H3,(H,16,17). The fraction of sp³-hybridized carbons (Fsp3) is 0.286. The maximum atomic E-state index is 12.3. The van der Waals surface area contributed by atoms with E-state index in [-0.39, 0.29) is 5.91 Å². The minimum atomic E-state index is -0.0766. The van der Waals surface area contributed by atoms with Crippen molar-refractivity contribution in [2.45, 2.75) is 13.8 Å². The average molecular weight is 258 g/mol. The summed E-state index contributed by atoms with van der Waals surface area (Å²) >= 11 is 0. The monoisotopic (exact) mass is 258 g/mol. The van der Waals surface area contributed by atoms with E-state index in [1.54, 1.807) is 11.0 Å². The van der Waals surface area contributed by atoms with Gasteiger partial charge >= 0.3 is 0 Å². The number of nitrogen functional groups attached to an aromatic ring is 1. The SMILES string of the molecule is CCN(CC)C(=O)c1cc(NN)c2ccccc2n1. The summed E-state index contributed by atoms with van der Waals surface area (Å²) in [4.78, 5) is 18.5. The maximum absolute atomic E-state index is 12.3. The molecule has 5 nitrogen and oxygen atoms in total. The summed E-state index contributed by atoms with van der Waals surface area (Å²) < 4.78 is 0. The number of rotatable bonds is 4. The number of carbonyl (C=O) groups is 1. The molecule has 3 N–H and O–H groups in total. The summed E-state index contributed by atoms with van der Waals surface area (Å²) in [5, 5.41) is 0.904. The molecule has 0 aliphatic rings. The molecule has 0 atom stereocenters. The van der Waals surface area contributed by atoms with Crippen molar-refractivity contribution in [2.24, 2.45) is 5.84 Å². The Hall–Kier alpha value is -2.14. The second kappa shape index (κ2) is 5.67. The van der Waals surface area contributed by atoms with Crippen LogP contribution in [0.5, 0.6) is 0 Å². The van der Waals surface area contributed by atoms with Crippen LogP contribution < -0.4 is 11.3 Å². The molecule has 0 saturated heterocycles. The highest BCUT2D eigenvalue weighted by Gasteiger charge is 2.16. The van der Waals surface area contributed by atoms with Gasteiger partial charge in [-0.1, -0.05) is 18.2 Å². The van der Waals surface area contributed by atoms with Crippen LogP contribution >= 0.6 is 0 Å². The van der Waals surface area contributed by atoms with Crippen molar-refractivity contribution in [2.75, 3.05) is 18.5 Å². The van der Waals surface area contributed by atoms with Crippen molar-refractivity contribution in [1.82, 2.24) is 9.88 Å². The second-order valence-corrected chi connectivity index (χ2v) is 4.19. The predicted octanol–water partition coefficient (Wildman–Crippen LogP) is 2.00. The van der Waals surface area contributed by atoms with Gasteiger partial charge in [0.2, 0.25) is 0 Å². The van der Waals surface area contributed by atoms with E-state index >= 15 is 0 Å². The molecule has 0 saturated carbocycles. The molecule has 1 aromatic heterocycles. The molecule has 0 aliphatic heterocycles. The second-order valence-electron chi connectivity index (χ2n) is 4.19. The van der Waals surface area contributed by atoms with E-state index in [2.05, 4.69) is 10.4 Å². The van der Waals surface area contributed by atoms with E-state index in [4.69, 9.17) is 5.84 Å². The van der Waals surface area contributed by atoms with Gasteiger partial charge in [0.1, 0.15) is 5.69 Å². The molecule has 1 aromatic carbocycles. The number of fused-ring (bicyclic) bond motifs is 1. The number of anilines is 1. The summed E-state index contributed by atoms with van der Waals surface area (Å²) in [5.74, 6) is 5.45. The van der Waals surface area contributed by atoms with Crippen molar-refractivity contribution in [3.05, 3.63) is 36.0 Å². The smallest absolute Gasteiger partial charge is 0.272 e. The Bertz CT molecular complexity index is 593. The Kier molecular flexibility index (Phi) is 3.97.